The van der Waals surface area contributed by atoms with Gasteiger partial charge in [-0.25, -0.2) is 4.79 Å². The van der Waals surface area contributed by atoms with Crippen LogP contribution in [0, 0.1) is 0 Å². The summed E-state index contributed by atoms with van der Waals surface area (Å²) in [6, 6.07) is -5.15. The molecule has 0 aliphatic rings. The molecule has 0 rings (SSSR count). The van der Waals surface area contributed by atoms with Crippen LogP contribution in [0.4, 0.5) is 0 Å². The lowest BCUT2D eigenvalue weighted by Crippen LogP contribution is -2.57. The molecule has 15 heteroatoms. The Morgan fingerprint density at radius 3 is 1.91 bits per heavy atom. The fourth-order valence-corrected chi connectivity index (χ4v) is 3.37. The third kappa shape index (κ3) is 14.2. The molecule has 4 atom stereocenters. The molecule has 0 aromatic carbocycles. The minimum absolute atomic E-state index is 0.173. The number of nitrogens with one attached hydrogen (secondary N) is 3. The molecule has 0 heterocycles. The Bertz CT molecular complexity index is 753. The van der Waals surface area contributed by atoms with Gasteiger partial charge in [0.15, 0.2) is 0 Å². The number of carbonyl (C=O) groups is 6. The number of unbranched alkanes of at least 4 members (excludes halogenated alkanes) is 1. The van der Waals surface area contributed by atoms with E-state index in [4.69, 9.17) is 22.3 Å². The number of amides is 4. The zero-order valence-corrected chi connectivity index (χ0v) is 20.5. The van der Waals surface area contributed by atoms with E-state index >= 15 is 0 Å². The molecule has 0 spiro atoms. The van der Waals surface area contributed by atoms with Gasteiger partial charge in [0.25, 0.3) is 0 Å². The van der Waals surface area contributed by atoms with Gasteiger partial charge in [0, 0.05) is 6.42 Å². The summed E-state index contributed by atoms with van der Waals surface area (Å²) >= 11 is 1.40. The van der Waals surface area contributed by atoms with E-state index in [1.54, 1.807) is 6.26 Å². The van der Waals surface area contributed by atoms with Gasteiger partial charge in [-0.15, -0.1) is 0 Å². The Hall–Kier alpha value is -2.91. The number of aliphatic carboxylic acids is 2. The first-order chi connectivity index (χ1) is 16.4. The van der Waals surface area contributed by atoms with Gasteiger partial charge in [0.2, 0.25) is 23.6 Å². The van der Waals surface area contributed by atoms with Gasteiger partial charge in [-0.05, 0) is 44.2 Å². The monoisotopic (exact) mass is 520 g/mol. The Morgan fingerprint density at radius 2 is 1.40 bits per heavy atom. The average molecular weight is 521 g/mol. The highest BCUT2D eigenvalue weighted by Gasteiger charge is 2.31. The van der Waals surface area contributed by atoms with Crippen LogP contribution in [-0.4, -0.2) is 88.5 Å². The Morgan fingerprint density at radius 1 is 0.829 bits per heavy atom. The summed E-state index contributed by atoms with van der Waals surface area (Å²) in [4.78, 5) is 71.5. The van der Waals surface area contributed by atoms with Crippen molar-refractivity contribution in [3.8, 4) is 0 Å². The number of carbonyl (C=O) groups excluding carboxylic acids is 4. The van der Waals surface area contributed by atoms with Gasteiger partial charge in [0.05, 0.1) is 12.5 Å². The van der Waals surface area contributed by atoms with Gasteiger partial charge in [0.1, 0.15) is 18.1 Å². The number of carboxylic acids is 2. The molecule has 0 aliphatic carbocycles. The van der Waals surface area contributed by atoms with Gasteiger partial charge in [-0.2, -0.15) is 11.8 Å². The molecule has 0 saturated heterocycles. The van der Waals surface area contributed by atoms with Crippen molar-refractivity contribution < 1.29 is 39.0 Å². The number of carboxylic acid groups (broad SMARTS) is 2. The standard InChI is InChI=1S/C20H36N6O8S/c1-35-9-7-12(24-17(30)11(22)4-2-3-8-21)18(31)26-14(10-16(28)29)19(32)25-13(20(33)34)5-6-15(23)27/h11-14H,2-10,21-22H2,1H3,(H2,23,27)(H,24,30)(H,25,32)(H,26,31)(H,28,29)(H,33,34). The van der Waals surface area contributed by atoms with E-state index in [0.29, 0.717) is 31.6 Å². The second kappa shape index (κ2) is 17.5. The van der Waals surface area contributed by atoms with Crippen LogP contribution >= 0.6 is 11.8 Å². The molecule has 0 fully saturated rings. The van der Waals surface area contributed by atoms with Crippen LogP contribution in [0.1, 0.15) is 44.9 Å². The van der Waals surface area contributed by atoms with Gasteiger partial charge < -0.3 is 43.4 Å². The van der Waals surface area contributed by atoms with Crippen molar-refractivity contribution in [2.45, 2.75) is 69.1 Å². The number of nitrogens with two attached hydrogens (primary N) is 3. The highest BCUT2D eigenvalue weighted by atomic mass is 32.2. The summed E-state index contributed by atoms with van der Waals surface area (Å²) in [6.45, 7) is 0.450. The molecule has 0 saturated carbocycles. The lowest BCUT2D eigenvalue weighted by atomic mass is 10.1. The van der Waals surface area contributed by atoms with E-state index in [2.05, 4.69) is 16.0 Å². The molecule has 200 valence electrons. The Balaban J connectivity index is 5.41. The van der Waals surface area contributed by atoms with Crippen LogP contribution in [-0.2, 0) is 28.8 Å². The van der Waals surface area contributed by atoms with Gasteiger partial charge in [-0.3, -0.25) is 24.0 Å². The predicted molar refractivity (Wildman–Crippen MR) is 128 cm³/mol. The normalized spacial score (nSPS) is 14.1. The third-order valence-corrected chi connectivity index (χ3v) is 5.50. The van der Waals surface area contributed by atoms with Crippen molar-refractivity contribution in [1.29, 1.82) is 0 Å². The number of hydrogen-bond acceptors (Lipinski definition) is 9. The largest absolute Gasteiger partial charge is 0.481 e. The SMILES string of the molecule is CSCCC(NC(=O)C(N)CCCCN)C(=O)NC(CC(=O)O)C(=O)NC(CCC(N)=O)C(=O)O. The predicted octanol–water partition coefficient (Wildman–Crippen LogP) is -2.52. The van der Waals surface area contributed by atoms with Crippen molar-refractivity contribution >= 4 is 47.3 Å². The topological polar surface area (TPSA) is 257 Å². The second-order valence-electron chi connectivity index (χ2n) is 7.80. The van der Waals surface area contributed by atoms with E-state index in [0.717, 1.165) is 0 Å². The summed E-state index contributed by atoms with van der Waals surface area (Å²) in [5, 5.41) is 25.3. The fraction of sp³-hybridized carbons (Fsp3) is 0.700. The smallest absolute Gasteiger partial charge is 0.326 e. The molecule has 35 heavy (non-hydrogen) atoms. The Labute approximate surface area is 207 Å². The van der Waals surface area contributed by atoms with E-state index in [1.807, 2.05) is 0 Å². The molecule has 0 bridgehead atoms. The van der Waals surface area contributed by atoms with Crippen molar-refractivity contribution in [2.24, 2.45) is 17.2 Å². The van der Waals surface area contributed by atoms with E-state index in [9.17, 15) is 33.9 Å². The van der Waals surface area contributed by atoms with Crippen molar-refractivity contribution in [3.63, 3.8) is 0 Å². The van der Waals surface area contributed by atoms with Crippen molar-refractivity contribution in [2.75, 3.05) is 18.6 Å². The fourth-order valence-electron chi connectivity index (χ4n) is 2.90. The first-order valence-electron chi connectivity index (χ1n) is 11.0. The third-order valence-electron chi connectivity index (χ3n) is 4.86. The lowest BCUT2D eigenvalue weighted by molar-refractivity contribution is -0.143. The van der Waals surface area contributed by atoms with Gasteiger partial charge in [-0.1, -0.05) is 6.42 Å². The molecule has 0 aromatic rings. The maximum Gasteiger partial charge on any atom is 0.326 e. The zero-order chi connectivity index (χ0) is 27.0. The minimum Gasteiger partial charge on any atom is -0.481 e. The number of rotatable bonds is 19. The molecule has 14 nitrogen and oxygen atoms in total. The summed E-state index contributed by atoms with van der Waals surface area (Å²) in [5.41, 5.74) is 16.3. The number of hydrogen-bond donors (Lipinski definition) is 8. The maximum absolute atomic E-state index is 12.9. The van der Waals surface area contributed by atoms with Gasteiger partial charge >= 0.3 is 11.9 Å². The lowest BCUT2D eigenvalue weighted by Gasteiger charge is -2.24. The minimum atomic E-state index is -1.64. The molecule has 0 radical (unpaired) electrons. The van der Waals surface area contributed by atoms with Crippen molar-refractivity contribution in [1.82, 2.24) is 16.0 Å². The summed E-state index contributed by atoms with van der Waals surface area (Å²) < 4.78 is 0. The number of primary amides is 1. The summed E-state index contributed by atoms with van der Waals surface area (Å²) in [5.74, 6) is -5.70. The molecule has 0 aliphatic heterocycles. The average Bonchev–Trinajstić information content (AvgIpc) is 2.77. The molecule has 11 N–H and O–H groups in total. The van der Waals surface area contributed by atoms with Crippen LogP contribution in [0.15, 0.2) is 0 Å². The first-order valence-corrected chi connectivity index (χ1v) is 12.4. The highest BCUT2D eigenvalue weighted by Crippen LogP contribution is 2.06. The molecule has 4 unspecified atom stereocenters. The molecular formula is C20H36N6O8S. The van der Waals surface area contributed by atoms with Crippen LogP contribution in [0.5, 0.6) is 0 Å². The summed E-state index contributed by atoms with van der Waals surface area (Å²) in [6.07, 6.45) is 2.11. The highest BCUT2D eigenvalue weighted by molar-refractivity contribution is 7.98. The maximum atomic E-state index is 12.9. The molecule has 0 aromatic heterocycles. The quantitative estimate of drug-likeness (QED) is 0.0824. The second-order valence-corrected chi connectivity index (χ2v) is 8.78. The van der Waals surface area contributed by atoms with Crippen LogP contribution < -0.4 is 33.2 Å². The van der Waals surface area contributed by atoms with E-state index < -0.39 is 66.2 Å². The zero-order valence-electron chi connectivity index (χ0n) is 19.7. The van der Waals surface area contributed by atoms with Crippen molar-refractivity contribution in [3.05, 3.63) is 0 Å². The van der Waals surface area contributed by atoms with Crippen LogP contribution in [0.25, 0.3) is 0 Å². The van der Waals surface area contributed by atoms with Crippen LogP contribution in [0.2, 0.25) is 0 Å². The molecule has 4 amide bonds. The number of thioether (sulfide) groups is 1. The van der Waals surface area contributed by atoms with Crippen LogP contribution in [0.3, 0.4) is 0 Å². The van der Waals surface area contributed by atoms with E-state index in [-0.39, 0.29) is 19.3 Å². The Kier molecular flexibility index (Phi) is 16.1. The van der Waals surface area contributed by atoms with E-state index in [1.165, 1.54) is 11.8 Å². The molecular weight excluding hydrogens is 484 g/mol. The first kappa shape index (κ1) is 32.1. The summed E-state index contributed by atoms with van der Waals surface area (Å²) in [7, 11) is 0.